The number of nitrogens with zero attached hydrogens (tertiary/aromatic N) is 4. The number of nitrogens with one attached hydrogen (secondary N) is 2. The third-order valence-electron chi connectivity index (χ3n) is 5.12. The van der Waals surface area contributed by atoms with Crippen molar-refractivity contribution in [1.29, 1.82) is 0 Å². The summed E-state index contributed by atoms with van der Waals surface area (Å²) >= 11 is 0. The second kappa shape index (κ2) is 10.2. The Morgan fingerprint density at radius 2 is 1.86 bits per heavy atom. The van der Waals surface area contributed by atoms with Gasteiger partial charge in [-0.2, -0.15) is 4.31 Å². The maximum absolute atomic E-state index is 12.3. The van der Waals surface area contributed by atoms with E-state index in [1.54, 1.807) is 6.20 Å². The average molecular weight is 427 g/mol. The lowest BCUT2D eigenvalue weighted by atomic mass is 10.2. The van der Waals surface area contributed by atoms with Gasteiger partial charge in [-0.15, -0.1) is 0 Å². The van der Waals surface area contributed by atoms with E-state index in [1.807, 2.05) is 12.1 Å². The number of urea groups is 1. The fourth-order valence-electron chi connectivity index (χ4n) is 3.36. The maximum atomic E-state index is 12.3. The summed E-state index contributed by atoms with van der Waals surface area (Å²) in [5, 5.41) is 5.42. The van der Waals surface area contributed by atoms with E-state index in [9.17, 15) is 13.2 Å². The van der Waals surface area contributed by atoms with Crippen molar-refractivity contribution in [3.8, 4) is 0 Å². The zero-order chi connectivity index (χ0) is 20.7. The zero-order valence-corrected chi connectivity index (χ0v) is 17.7. The Balaban J connectivity index is 1.45. The number of ether oxygens (including phenoxy) is 1. The Morgan fingerprint density at radius 3 is 2.59 bits per heavy atom. The minimum Gasteiger partial charge on any atom is -0.379 e. The summed E-state index contributed by atoms with van der Waals surface area (Å²) in [5.41, 5.74) is 0.938. The van der Waals surface area contributed by atoms with Crippen molar-refractivity contribution in [1.82, 2.24) is 24.8 Å². The number of carbonyl (C=O) groups is 1. The number of carbonyl (C=O) groups excluding carboxylic acids is 1. The van der Waals surface area contributed by atoms with Crippen LogP contribution in [0.25, 0.3) is 0 Å². The summed E-state index contributed by atoms with van der Waals surface area (Å²) in [6.07, 6.45) is 1.76. The van der Waals surface area contributed by atoms with Crippen molar-refractivity contribution in [2.75, 3.05) is 76.7 Å². The molecule has 10 nitrogen and oxygen atoms in total. The third kappa shape index (κ3) is 6.26. The van der Waals surface area contributed by atoms with Gasteiger partial charge >= 0.3 is 6.03 Å². The molecule has 29 heavy (non-hydrogen) atoms. The number of morpholine rings is 1. The van der Waals surface area contributed by atoms with E-state index in [-0.39, 0.29) is 12.3 Å². The van der Waals surface area contributed by atoms with E-state index in [2.05, 4.69) is 32.5 Å². The Morgan fingerprint density at radius 1 is 1.14 bits per heavy atom. The van der Waals surface area contributed by atoms with Crippen LogP contribution in [0.1, 0.15) is 5.56 Å². The molecule has 0 spiro atoms. The maximum Gasteiger partial charge on any atom is 0.315 e. The molecule has 0 unspecified atom stereocenters. The van der Waals surface area contributed by atoms with E-state index >= 15 is 0 Å². The SMILES string of the molecule is CN1CCN(c2ncccc2CNC(=O)NCCS(=O)(=O)N2CCOCC2)CC1. The van der Waals surface area contributed by atoms with E-state index in [4.69, 9.17) is 4.74 Å². The molecule has 2 amide bonds. The number of amides is 2. The summed E-state index contributed by atoms with van der Waals surface area (Å²) in [7, 11) is -1.28. The first-order valence-corrected chi connectivity index (χ1v) is 11.5. The van der Waals surface area contributed by atoms with Crippen LogP contribution in [-0.4, -0.2) is 100 Å². The van der Waals surface area contributed by atoms with Crippen molar-refractivity contribution in [3.63, 3.8) is 0 Å². The number of piperazine rings is 1. The lowest BCUT2D eigenvalue weighted by Crippen LogP contribution is -2.46. The lowest BCUT2D eigenvalue weighted by Gasteiger charge is -2.34. The molecule has 2 saturated heterocycles. The Hall–Kier alpha value is -1.95. The molecule has 2 fully saturated rings. The van der Waals surface area contributed by atoms with Crippen LogP contribution in [-0.2, 0) is 21.3 Å². The van der Waals surface area contributed by atoms with Crippen LogP contribution < -0.4 is 15.5 Å². The predicted molar refractivity (Wildman–Crippen MR) is 110 cm³/mol. The molecule has 2 aliphatic heterocycles. The largest absolute Gasteiger partial charge is 0.379 e. The van der Waals surface area contributed by atoms with Gasteiger partial charge in [0, 0.05) is 64.1 Å². The fourth-order valence-corrected chi connectivity index (χ4v) is 4.68. The van der Waals surface area contributed by atoms with Gasteiger partial charge < -0.3 is 25.2 Å². The first kappa shape index (κ1) is 21.8. The van der Waals surface area contributed by atoms with Crippen LogP contribution >= 0.6 is 0 Å². The first-order valence-electron chi connectivity index (χ1n) is 9.90. The number of hydrogen-bond donors (Lipinski definition) is 2. The second-order valence-corrected chi connectivity index (χ2v) is 9.30. The number of likely N-dealkylation sites (N-methyl/N-ethyl adjacent to an activating group) is 1. The number of rotatable bonds is 7. The molecule has 0 bridgehead atoms. The average Bonchev–Trinajstić information content (AvgIpc) is 2.74. The van der Waals surface area contributed by atoms with Crippen LogP contribution in [0.2, 0.25) is 0 Å². The molecule has 11 heteroatoms. The van der Waals surface area contributed by atoms with E-state index < -0.39 is 16.1 Å². The van der Waals surface area contributed by atoms with Gasteiger partial charge in [-0.3, -0.25) is 0 Å². The summed E-state index contributed by atoms with van der Waals surface area (Å²) in [5.74, 6) is 0.760. The molecule has 3 heterocycles. The summed E-state index contributed by atoms with van der Waals surface area (Å²) in [4.78, 5) is 21.1. The third-order valence-corrected chi connectivity index (χ3v) is 6.99. The monoisotopic (exact) mass is 426 g/mol. The van der Waals surface area contributed by atoms with Gasteiger partial charge in [0.15, 0.2) is 0 Å². The number of sulfonamides is 1. The molecule has 2 N–H and O–H groups in total. The number of hydrogen-bond acceptors (Lipinski definition) is 7. The van der Waals surface area contributed by atoms with Crippen LogP contribution in [0, 0.1) is 0 Å². The lowest BCUT2D eigenvalue weighted by molar-refractivity contribution is 0.0730. The number of anilines is 1. The van der Waals surface area contributed by atoms with Crippen molar-refractivity contribution < 1.29 is 17.9 Å². The fraction of sp³-hybridized carbons (Fsp3) is 0.667. The smallest absolute Gasteiger partial charge is 0.315 e. The normalized spacial score (nSPS) is 19.1. The molecule has 2 aliphatic rings. The highest BCUT2D eigenvalue weighted by molar-refractivity contribution is 7.89. The zero-order valence-electron chi connectivity index (χ0n) is 16.8. The topological polar surface area (TPSA) is 107 Å². The summed E-state index contributed by atoms with van der Waals surface area (Å²) < 4.78 is 31.1. The molecule has 0 aliphatic carbocycles. The van der Waals surface area contributed by atoms with Gasteiger partial charge in [0.05, 0.1) is 19.0 Å². The molecule has 0 aromatic carbocycles. The van der Waals surface area contributed by atoms with Crippen LogP contribution in [0.3, 0.4) is 0 Å². The van der Waals surface area contributed by atoms with Crippen molar-refractivity contribution in [3.05, 3.63) is 23.9 Å². The Kier molecular flexibility index (Phi) is 7.64. The summed E-state index contributed by atoms with van der Waals surface area (Å²) in [6.45, 7) is 5.68. The minimum absolute atomic E-state index is 0.0594. The van der Waals surface area contributed by atoms with Crippen LogP contribution in [0.4, 0.5) is 10.6 Å². The van der Waals surface area contributed by atoms with E-state index in [1.165, 1.54) is 4.31 Å². The predicted octanol–water partition coefficient (Wildman–Crippen LogP) is -0.705. The van der Waals surface area contributed by atoms with Gasteiger partial charge in [-0.1, -0.05) is 6.07 Å². The second-order valence-electron chi connectivity index (χ2n) is 7.21. The van der Waals surface area contributed by atoms with E-state index in [0.717, 1.165) is 37.6 Å². The van der Waals surface area contributed by atoms with Crippen LogP contribution in [0.5, 0.6) is 0 Å². The molecular formula is C18H30N6O4S. The van der Waals surface area contributed by atoms with Gasteiger partial charge in [-0.05, 0) is 13.1 Å². The molecule has 1 aromatic rings. The van der Waals surface area contributed by atoms with Gasteiger partial charge in [-0.25, -0.2) is 18.2 Å². The Bertz CT molecular complexity index is 776. The highest BCUT2D eigenvalue weighted by Crippen LogP contribution is 2.18. The van der Waals surface area contributed by atoms with Gasteiger partial charge in [0.2, 0.25) is 10.0 Å². The quantitative estimate of drug-likeness (QED) is 0.593. The van der Waals surface area contributed by atoms with E-state index in [0.29, 0.717) is 32.8 Å². The standard InChI is InChI=1S/C18H30N6O4S/c1-22-6-8-23(9-7-22)17-16(3-2-4-19-17)15-21-18(25)20-5-14-29(26,27)24-10-12-28-13-11-24/h2-4H,5-15H2,1H3,(H2,20,21,25). The number of aromatic nitrogens is 1. The van der Waals surface area contributed by atoms with Crippen molar-refractivity contribution >= 4 is 21.9 Å². The van der Waals surface area contributed by atoms with Gasteiger partial charge in [0.1, 0.15) is 5.82 Å². The highest BCUT2D eigenvalue weighted by atomic mass is 32.2. The first-order chi connectivity index (χ1) is 14.0. The summed E-state index contributed by atoms with van der Waals surface area (Å²) in [6, 6.07) is 3.41. The molecule has 0 saturated carbocycles. The van der Waals surface area contributed by atoms with Crippen LogP contribution in [0.15, 0.2) is 18.3 Å². The minimum atomic E-state index is -3.38. The molecule has 1 aromatic heterocycles. The molecule has 0 atom stereocenters. The molecule has 3 rings (SSSR count). The molecule has 0 radical (unpaired) electrons. The Labute approximate surface area is 172 Å². The van der Waals surface area contributed by atoms with Crippen molar-refractivity contribution in [2.45, 2.75) is 6.54 Å². The number of pyridine rings is 1. The molecular weight excluding hydrogens is 396 g/mol. The van der Waals surface area contributed by atoms with Crippen molar-refractivity contribution in [2.24, 2.45) is 0 Å². The van der Waals surface area contributed by atoms with Gasteiger partial charge in [0.25, 0.3) is 0 Å². The molecule has 162 valence electrons. The highest BCUT2D eigenvalue weighted by Gasteiger charge is 2.24.